The molecule has 0 fully saturated rings. The topological polar surface area (TPSA) is 29.3 Å². The molecule has 0 aliphatic rings. The number of oxazole rings is 1. The molecule has 0 spiro atoms. The molecule has 10 aromatic rings. The smallest absolute Gasteiger partial charge is 0.227 e. The molecule has 0 bridgehead atoms. The van der Waals surface area contributed by atoms with E-state index in [0.717, 1.165) is 61.2 Å². The van der Waals surface area contributed by atoms with Crippen LogP contribution in [0.3, 0.4) is 0 Å². The van der Waals surface area contributed by atoms with E-state index in [1.165, 1.54) is 27.5 Å². The van der Waals surface area contributed by atoms with E-state index < -0.39 is 0 Å². The zero-order chi connectivity index (χ0) is 35.8. The summed E-state index contributed by atoms with van der Waals surface area (Å²) >= 11 is 0. The summed E-state index contributed by atoms with van der Waals surface area (Å²) in [5, 5.41) is 4.75. The van der Waals surface area contributed by atoms with Crippen LogP contribution in [-0.4, -0.2) is 4.98 Å². The molecule has 9 aromatic carbocycles. The highest BCUT2D eigenvalue weighted by Gasteiger charge is 2.19. The summed E-state index contributed by atoms with van der Waals surface area (Å²) in [6, 6.07) is 72.9. The first-order valence-corrected chi connectivity index (χ1v) is 18.3. The number of benzene rings is 9. The fourth-order valence-corrected chi connectivity index (χ4v) is 7.74. The van der Waals surface area contributed by atoms with Crippen LogP contribution in [-0.2, 0) is 0 Å². The van der Waals surface area contributed by atoms with Gasteiger partial charge in [-0.05, 0) is 86.3 Å². The molecule has 0 saturated heterocycles. The van der Waals surface area contributed by atoms with Crippen molar-refractivity contribution in [2.75, 3.05) is 4.90 Å². The predicted octanol–water partition coefficient (Wildman–Crippen LogP) is 14.3. The molecule has 0 unspecified atom stereocenters. The Morgan fingerprint density at radius 1 is 0.370 bits per heavy atom. The maximum absolute atomic E-state index is 6.59. The minimum Gasteiger partial charge on any atom is -0.435 e. The molecular weight excluding hydrogens is 657 g/mol. The predicted molar refractivity (Wildman–Crippen MR) is 225 cm³/mol. The largest absolute Gasteiger partial charge is 0.435 e. The molecule has 1 heterocycles. The number of fused-ring (bicyclic) bond motifs is 3. The lowest BCUT2D eigenvalue weighted by atomic mass is 9.97. The van der Waals surface area contributed by atoms with Gasteiger partial charge in [-0.1, -0.05) is 164 Å². The summed E-state index contributed by atoms with van der Waals surface area (Å²) in [7, 11) is 0. The second-order valence-electron chi connectivity index (χ2n) is 13.5. The molecule has 0 atom stereocenters. The van der Waals surface area contributed by atoms with Crippen LogP contribution in [0.1, 0.15) is 0 Å². The van der Waals surface area contributed by atoms with Gasteiger partial charge in [-0.25, -0.2) is 4.98 Å². The molecule has 0 radical (unpaired) electrons. The Labute approximate surface area is 314 Å². The van der Waals surface area contributed by atoms with Crippen LogP contribution in [0, 0.1) is 0 Å². The Morgan fingerprint density at radius 3 is 1.72 bits per heavy atom. The Balaban J connectivity index is 1.10. The first-order chi connectivity index (χ1) is 26.8. The number of hydrogen-bond acceptors (Lipinski definition) is 3. The van der Waals surface area contributed by atoms with E-state index in [0.29, 0.717) is 5.89 Å². The lowest BCUT2D eigenvalue weighted by Crippen LogP contribution is -2.11. The van der Waals surface area contributed by atoms with Gasteiger partial charge in [0.1, 0.15) is 5.52 Å². The van der Waals surface area contributed by atoms with Gasteiger partial charge < -0.3 is 9.32 Å². The lowest BCUT2D eigenvalue weighted by molar-refractivity contribution is 0.621. The van der Waals surface area contributed by atoms with Gasteiger partial charge in [0, 0.05) is 28.1 Å². The summed E-state index contributed by atoms with van der Waals surface area (Å²) in [5.41, 5.74) is 12.6. The second-order valence-corrected chi connectivity index (χ2v) is 13.5. The van der Waals surface area contributed by atoms with Crippen molar-refractivity contribution in [1.82, 2.24) is 4.98 Å². The van der Waals surface area contributed by atoms with Crippen molar-refractivity contribution in [3.8, 4) is 44.8 Å². The first kappa shape index (κ1) is 31.5. The monoisotopic (exact) mass is 690 g/mol. The van der Waals surface area contributed by atoms with E-state index in [9.17, 15) is 0 Å². The summed E-state index contributed by atoms with van der Waals surface area (Å²) in [4.78, 5) is 7.33. The van der Waals surface area contributed by atoms with Crippen LogP contribution >= 0.6 is 0 Å². The third kappa shape index (κ3) is 5.60. The Hall–Kier alpha value is -7.23. The quantitative estimate of drug-likeness (QED) is 0.167. The Bertz CT molecular complexity index is 2930. The molecule has 0 aliphatic carbocycles. The fraction of sp³-hybridized carbons (Fsp3) is 0. The van der Waals surface area contributed by atoms with Crippen molar-refractivity contribution in [1.29, 1.82) is 0 Å². The van der Waals surface area contributed by atoms with Crippen molar-refractivity contribution in [3.05, 3.63) is 206 Å². The third-order valence-corrected chi connectivity index (χ3v) is 10.3. The van der Waals surface area contributed by atoms with Crippen molar-refractivity contribution in [2.24, 2.45) is 0 Å². The van der Waals surface area contributed by atoms with E-state index >= 15 is 0 Å². The maximum Gasteiger partial charge on any atom is 0.227 e. The van der Waals surface area contributed by atoms with E-state index in [1.54, 1.807) is 0 Å². The van der Waals surface area contributed by atoms with Gasteiger partial charge in [0.25, 0.3) is 0 Å². The summed E-state index contributed by atoms with van der Waals surface area (Å²) in [6.07, 6.45) is 0. The maximum atomic E-state index is 6.59. The average molecular weight is 691 g/mol. The van der Waals surface area contributed by atoms with Crippen molar-refractivity contribution < 1.29 is 4.42 Å². The highest BCUT2D eigenvalue weighted by atomic mass is 16.3. The number of para-hydroxylation sites is 2. The number of anilines is 3. The standard InChI is InChI=1S/C51H34N2O/c1-2-14-37(15-3-1)45-24-8-9-29-49(45)53(41-21-10-20-39(34-41)44-25-11-18-35-16-4-6-22-42(35)44)40-32-30-38(31-33-40)46-26-13-28-48-50(46)54-51(52-48)47-27-12-19-36-17-5-7-23-43(36)47/h1-34H. The fourth-order valence-electron chi connectivity index (χ4n) is 7.74. The van der Waals surface area contributed by atoms with E-state index in [1.807, 2.05) is 6.07 Å². The molecule has 254 valence electrons. The molecule has 0 aliphatic heterocycles. The molecule has 3 heteroatoms. The van der Waals surface area contributed by atoms with E-state index in [-0.39, 0.29) is 0 Å². The number of aromatic nitrogens is 1. The Kier molecular flexibility index (Phi) is 7.81. The van der Waals surface area contributed by atoms with Crippen molar-refractivity contribution in [3.63, 3.8) is 0 Å². The first-order valence-electron chi connectivity index (χ1n) is 18.3. The van der Waals surface area contributed by atoms with Crippen LogP contribution in [0.5, 0.6) is 0 Å². The average Bonchev–Trinajstić information content (AvgIpc) is 3.69. The number of rotatable bonds is 7. The zero-order valence-electron chi connectivity index (χ0n) is 29.4. The summed E-state index contributed by atoms with van der Waals surface area (Å²) < 4.78 is 6.59. The van der Waals surface area contributed by atoms with Gasteiger partial charge in [0.2, 0.25) is 5.89 Å². The third-order valence-electron chi connectivity index (χ3n) is 10.3. The van der Waals surface area contributed by atoms with Crippen LogP contribution in [0.25, 0.3) is 77.5 Å². The number of nitrogens with zero attached hydrogens (tertiary/aromatic N) is 2. The molecule has 0 saturated carbocycles. The molecule has 10 rings (SSSR count). The normalized spacial score (nSPS) is 11.3. The molecule has 1 aromatic heterocycles. The van der Waals surface area contributed by atoms with Gasteiger partial charge in [0.05, 0.1) is 5.69 Å². The van der Waals surface area contributed by atoms with Gasteiger partial charge in [-0.2, -0.15) is 0 Å². The number of hydrogen-bond donors (Lipinski definition) is 0. The Morgan fingerprint density at radius 2 is 0.926 bits per heavy atom. The lowest BCUT2D eigenvalue weighted by Gasteiger charge is -2.28. The van der Waals surface area contributed by atoms with Gasteiger partial charge in [-0.3, -0.25) is 0 Å². The molecule has 54 heavy (non-hydrogen) atoms. The summed E-state index contributed by atoms with van der Waals surface area (Å²) in [5.74, 6) is 0.626. The van der Waals surface area contributed by atoms with Gasteiger partial charge >= 0.3 is 0 Å². The molecule has 0 amide bonds. The highest BCUT2D eigenvalue weighted by Crippen LogP contribution is 2.43. The zero-order valence-corrected chi connectivity index (χ0v) is 29.4. The molecule has 0 N–H and O–H groups in total. The highest BCUT2D eigenvalue weighted by molar-refractivity contribution is 5.99. The van der Waals surface area contributed by atoms with Crippen LogP contribution < -0.4 is 4.90 Å². The molecular formula is C51H34N2O. The minimum atomic E-state index is 0.626. The SMILES string of the molecule is c1ccc(-c2ccccc2N(c2ccc(-c3cccc4nc(-c5cccc6ccccc56)oc34)cc2)c2cccc(-c3cccc4ccccc34)c2)cc1. The van der Waals surface area contributed by atoms with Crippen molar-refractivity contribution in [2.45, 2.75) is 0 Å². The van der Waals surface area contributed by atoms with Crippen LogP contribution in [0.2, 0.25) is 0 Å². The van der Waals surface area contributed by atoms with Gasteiger partial charge in [0.15, 0.2) is 5.58 Å². The van der Waals surface area contributed by atoms with Gasteiger partial charge in [-0.15, -0.1) is 0 Å². The van der Waals surface area contributed by atoms with Crippen LogP contribution in [0.4, 0.5) is 17.1 Å². The van der Waals surface area contributed by atoms with Crippen molar-refractivity contribution >= 4 is 49.7 Å². The van der Waals surface area contributed by atoms with E-state index in [2.05, 4.69) is 205 Å². The van der Waals surface area contributed by atoms with Crippen LogP contribution in [0.15, 0.2) is 211 Å². The second kappa shape index (κ2) is 13.4. The minimum absolute atomic E-state index is 0.626. The molecule has 3 nitrogen and oxygen atoms in total. The van der Waals surface area contributed by atoms with E-state index in [4.69, 9.17) is 9.40 Å². The summed E-state index contributed by atoms with van der Waals surface area (Å²) in [6.45, 7) is 0.